The van der Waals surface area contributed by atoms with Crippen molar-refractivity contribution in [2.45, 2.75) is 32.2 Å². The second kappa shape index (κ2) is 10.1. The number of piperidine rings is 1. The summed E-state index contributed by atoms with van der Waals surface area (Å²) in [5.41, 5.74) is 2.47. The van der Waals surface area contributed by atoms with E-state index in [0.717, 1.165) is 61.9 Å². The molecule has 1 aliphatic rings. The molecule has 170 valence electrons. The Labute approximate surface area is 186 Å². The van der Waals surface area contributed by atoms with E-state index in [9.17, 15) is 9.18 Å². The van der Waals surface area contributed by atoms with Gasteiger partial charge in [-0.25, -0.2) is 9.37 Å². The molecule has 0 saturated carbocycles. The Bertz CT molecular complexity index is 1130. The number of aryl methyl sites for hydroxylation is 1. The first kappa shape index (κ1) is 22.2. The molecule has 0 spiro atoms. The first-order valence-electron chi connectivity index (χ1n) is 11.0. The summed E-state index contributed by atoms with van der Waals surface area (Å²) in [6.07, 6.45) is 7.41. The Balaban J connectivity index is 1.30. The van der Waals surface area contributed by atoms with Gasteiger partial charge in [0.25, 0.3) is 5.56 Å². The van der Waals surface area contributed by atoms with Crippen molar-refractivity contribution >= 4 is 11.0 Å². The molecule has 3 aromatic heterocycles. The third kappa shape index (κ3) is 5.07. The summed E-state index contributed by atoms with van der Waals surface area (Å²) in [5.74, 6) is 0.896. The largest absolute Gasteiger partial charge is 0.495 e. The summed E-state index contributed by atoms with van der Waals surface area (Å²) in [6, 6.07) is 6.72. The van der Waals surface area contributed by atoms with E-state index in [4.69, 9.17) is 9.47 Å². The summed E-state index contributed by atoms with van der Waals surface area (Å²) >= 11 is 0. The van der Waals surface area contributed by atoms with Crippen molar-refractivity contribution in [3.8, 4) is 11.6 Å². The molecule has 0 unspecified atom stereocenters. The topological polar surface area (TPSA) is 69.5 Å². The van der Waals surface area contributed by atoms with Gasteiger partial charge in [-0.1, -0.05) is 0 Å². The van der Waals surface area contributed by atoms with Gasteiger partial charge in [-0.2, -0.15) is 0 Å². The highest BCUT2D eigenvalue weighted by atomic mass is 19.1. The van der Waals surface area contributed by atoms with Crippen LogP contribution in [0.3, 0.4) is 0 Å². The molecule has 7 nitrogen and oxygen atoms in total. The van der Waals surface area contributed by atoms with E-state index in [-0.39, 0.29) is 11.4 Å². The lowest BCUT2D eigenvalue weighted by atomic mass is 9.91. The van der Waals surface area contributed by atoms with Crippen molar-refractivity contribution in [2.75, 3.05) is 33.9 Å². The molecule has 0 amide bonds. The van der Waals surface area contributed by atoms with Crippen LogP contribution in [0, 0.1) is 11.7 Å². The molecule has 3 aromatic rings. The Morgan fingerprint density at radius 3 is 2.59 bits per heavy atom. The van der Waals surface area contributed by atoms with Gasteiger partial charge >= 0.3 is 0 Å². The van der Waals surface area contributed by atoms with E-state index < -0.39 is 5.82 Å². The van der Waals surface area contributed by atoms with Crippen molar-refractivity contribution < 1.29 is 13.9 Å². The highest BCUT2D eigenvalue weighted by Crippen LogP contribution is 2.24. The molecule has 32 heavy (non-hydrogen) atoms. The van der Waals surface area contributed by atoms with E-state index in [1.807, 2.05) is 6.07 Å². The predicted octanol–water partition coefficient (Wildman–Crippen LogP) is 3.29. The lowest BCUT2D eigenvalue weighted by molar-refractivity contribution is 0.174. The number of rotatable bonds is 8. The third-order valence-corrected chi connectivity index (χ3v) is 6.29. The molecular weight excluding hydrogens is 411 g/mol. The number of hydrogen-bond acceptors (Lipinski definition) is 6. The van der Waals surface area contributed by atoms with Gasteiger partial charge in [0.1, 0.15) is 5.75 Å². The Morgan fingerprint density at radius 1 is 1.06 bits per heavy atom. The number of pyridine rings is 3. The van der Waals surface area contributed by atoms with Crippen molar-refractivity contribution in [3.63, 3.8) is 0 Å². The van der Waals surface area contributed by atoms with Gasteiger partial charge in [-0.15, -0.1) is 0 Å². The van der Waals surface area contributed by atoms with E-state index >= 15 is 0 Å². The zero-order valence-electron chi connectivity index (χ0n) is 18.6. The summed E-state index contributed by atoms with van der Waals surface area (Å²) in [4.78, 5) is 23.3. The van der Waals surface area contributed by atoms with E-state index in [1.54, 1.807) is 36.2 Å². The van der Waals surface area contributed by atoms with Gasteiger partial charge in [-0.3, -0.25) is 9.78 Å². The number of aromatic nitrogens is 3. The minimum atomic E-state index is -0.406. The van der Waals surface area contributed by atoms with Crippen LogP contribution in [0.2, 0.25) is 0 Å². The predicted molar refractivity (Wildman–Crippen MR) is 121 cm³/mol. The average Bonchev–Trinajstić information content (AvgIpc) is 2.82. The van der Waals surface area contributed by atoms with Gasteiger partial charge in [0.2, 0.25) is 5.88 Å². The minimum Gasteiger partial charge on any atom is -0.495 e. The highest BCUT2D eigenvalue weighted by Gasteiger charge is 2.19. The molecular formula is C24H29FN4O3. The van der Waals surface area contributed by atoms with Crippen LogP contribution in [0.5, 0.6) is 11.6 Å². The molecule has 4 heterocycles. The summed E-state index contributed by atoms with van der Waals surface area (Å²) < 4.78 is 25.8. The van der Waals surface area contributed by atoms with Crippen LogP contribution in [0.15, 0.2) is 41.5 Å². The minimum absolute atomic E-state index is 0.0252. The molecule has 0 atom stereocenters. The maximum absolute atomic E-state index is 13.8. The van der Waals surface area contributed by atoms with Crippen molar-refractivity contribution in [1.82, 2.24) is 19.4 Å². The summed E-state index contributed by atoms with van der Waals surface area (Å²) in [6.45, 7) is 3.44. The Kier molecular flexibility index (Phi) is 6.99. The number of nitrogens with zero attached hydrogens (tertiary/aromatic N) is 4. The third-order valence-electron chi connectivity index (χ3n) is 6.29. The lowest BCUT2D eigenvalue weighted by Crippen LogP contribution is -2.37. The lowest BCUT2D eigenvalue weighted by Gasteiger charge is -2.32. The second-order valence-electron chi connectivity index (χ2n) is 8.26. The molecule has 4 rings (SSSR count). The number of likely N-dealkylation sites (tertiary alicyclic amines) is 1. The molecule has 1 aliphatic heterocycles. The van der Waals surface area contributed by atoms with Gasteiger partial charge in [0.15, 0.2) is 5.82 Å². The van der Waals surface area contributed by atoms with E-state index in [2.05, 4.69) is 14.9 Å². The van der Waals surface area contributed by atoms with E-state index in [1.165, 1.54) is 13.2 Å². The number of hydrogen-bond donors (Lipinski definition) is 0. The van der Waals surface area contributed by atoms with Crippen LogP contribution in [0.1, 0.15) is 24.8 Å². The summed E-state index contributed by atoms with van der Waals surface area (Å²) in [7, 11) is 3.02. The average molecular weight is 441 g/mol. The quantitative estimate of drug-likeness (QED) is 0.535. The molecule has 0 aromatic carbocycles. The molecule has 1 saturated heterocycles. The fraction of sp³-hybridized carbons (Fsp3) is 0.458. The highest BCUT2D eigenvalue weighted by molar-refractivity contribution is 5.75. The zero-order chi connectivity index (χ0) is 22.5. The molecule has 0 bridgehead atoms. The van der Waals surface area contributed by atoms with E-state index in [0.29, 0.717) is 18.2 Å². The molecule has 8 heteroatoms. The van der Waals surface area contributed by atoms with Crippen molar-refractivity contribution in [3.05, 3.63) is 58.4 Å². The maximum Gasteiger partial charge on any atom is 0.251 e. The number of methoxy groups -OCH3 is 2. The van der Waals surface area contributed by atoms with Gasteiger partial charge < -0.3 is 18.9 Å². The van der Waals surface area contributed by atoms with Crippen LogP contribution in [0.4, 0.5) is 4.39 Å². The fourth-order valence-corrected chi connectivity index (χ4v) is 4.35. The van der Waals surface area contributed by atoms with Crippen molar-refractivity contribution in [2.24, 2.45) is 5.92 Å². The number of halogens is 1. The molecule has 0 N–H and O–H groups in total. The normalized spacial score (nSPS) is 15.2. The van der Waals surface area contributed by atoms with Crippen LogP contribution in [-0.2, 0) is 13.0 Å². The fourth-order valence-electron chi connectivity index (χ4n) is 4.35. The Hall–Kier alpha value is -3.00. The standard InChI is InChI=1S/C24H29FN4O3/c1-31-19-14-22-21(26-16-19)5-6-23(30)29(22)12-11-28-9-7-17(8-10-28)3-4-18-13-20(25)24(32-2)27-15-18/h5-6,13-17H,3-4,7-12H2,1-2H3. The molecule has 0 aliphatic carbocycles. The van der Waals surface area contributed by atoms with Crippen molar-refractivity contribution in [1.29, 1.82) is 0 Å². The second-order valence-corrected chi connectivity index (χ2v) is 8.26. The van der Waals surface area contributed by atoms with Crippen LogP contribution in [0.25, 0.3) is 11.0 Å². The first-order chi connectivity index (χ1) is 15.6. The molecule has 0 radical (unpaired) electrons. The van der Waals surface area contributed by atoms with Gasteiger partial charge in [0.05, 0.1) is 31.4 Å². The van der Waals surface area contributed by atoms with Gasteiger partial charge in [-0.05, 0) is 62.4 Å². The molecule has 1 fully saturated rings. The monoisotopic (exact) mass is 440 g/mol. The smallest absolute Gasteiger partial charge is 0.251 e. The number of ether oxygens (including phenoxy) is 2. The van der Waals surface area contributed by atoms with Crippen LogP contribution < -0.4 is 15.0 Å². The SMILES string of the molecule is COc1cnc2ccc(=O)n(CCN3CCC(CCc4cnc(OC)c(F)c4)CC3)c2c1. The maximum atomic E-state index is 13.8. The van der Waals surface area contributed by atoms with Crippen LogP contribution in [-0.4, -0.2) is 53.3 Å². The Morgan fingerprint density at radius 2 is 1.88 bits per heavy atom. The summed E-state index contributed by atoms with van der Waals surface area (Å²) in [5, 5.41) is 0. The van der Waals surface area contributed by atoms with Crippen LogP contribution >= 0.6 is 0 Å². The number of fused-ring (bicyclic) bond motifs is 1. The zero-order valence-corrected chi connectivity index (χ0v) is 18.6. The first-order valence-corrected chi connectivity index (χ1v) is 11.0. The van der Waals surface area contributed by atoms with Gasteiger partial charge in [0, 0.05) is 31.4 Å².